The third-order valence-electron chi connectivity index (χ3n) is 3.18. The summed E-state index contributed by atoms with van der Waals surface area (Å²) in [5.41, 5.74) is 0. The largest absolute Gasteiger partial charge is 0.406 e. The van der Waals surface area contributed by atoms with E-state index >= 15 is 0 Å². The molecule has 0 aromatic carbocycles. The van der Waals surface area contributed by atoms with E-state index in [1.165, 1.54) is 17.3 Å². The van der Waals surface area contributed by atoms with Gasteiger partial charge in [-0.15, -0.1) is 0 Å². The van der Waals surface area contributed by atoms with Crippen LogP contribution in [0, 0.1) is 0 Å². The summed E-state index contributed by atoms with van der Waals surface area (Å²) in [6.45, 7) is -0.198. The fourth-order valence-corrected chi connectivity index (χ4v) is 2.28. The molecule has 0 spiro atoms. The maximum Gasteiger partial charge on any atom is 0.406 e. The van der Waals surface area contributed by atoms with Gasteiger partial charge in [-0.25, -0.2) is 9.67 Å². The van der Waals surface area contributed by atoms with Gasteiger partial charge in [0.05, 0.1) is 0 Å². The lowest BCUT2D eigenvalue weighted by molar-refractivity contribution is -0.167. The van der Waals surface area contributed by atoms with Crippen LogP contribution in [0.5, 0.6) is 0 Å². The van der Waals surface area contributed by atoms with E-state index in [2.05, 4.69) is 15.4 Å². The van der Waals surface area contributed by atoms with Crippen LogP contribution in [0.15, 0.2) is 12.7 Å². The molecule has 1 amide bonds. The van der Waals surface area contributed by atoms with Gasteiger partial charge in [-0.3, -0.25) is 4.79 Å². The molecule has 0 radical (unpaired) electrons. The number of rotatable bonds is 4. The van der Waals surface area contributed by atoms with Gasteiger partial charge in [0, 0.05) is 6.04 Å². The predicted molar refractivity (Wildman–Crippen MR) is 63.7 cm³/mol. The van der Waals surface area contributed by atoms with Gasteiger partial charge in [-0.05, 0) is 25.9 Å². The Kier molecular flexibility index (Phi) is 4.58. The quantitative estimate of drug-likeness (QED) is 0.873. The van der Waals surface area contributed by atoms with Crippen molar-refractivity contribution < 1.29 is 18.0 Å². The van der Waals surface area contributed by atoms with Crippen molar-refractivity contribution >= 4 is 5.91 Å². The molecular formula is C11H16F3N5O. The van der Waals surface area contributed by atoms with Crippen molar-refractivity contribution in [2.75, 3.05) is 19.6 Å². The number of halogens is 3. The van der Waals surface area contributed by atoms with Gasteiger partial charge in [0.1, 0.15) is 25.7 Å². The lowest BCUT2D eigenvalue weighted by Gasteiger charge is -2.35. The Hall–Kier alpha value is -1.64. The number of nitrogens with one attached hydrogen (secondary N) is 1. The highest BCUT2D eigenvalue weighted by atomic mass is 19.4. The molecule has 1 aromatic rings. The molecule has 0 atom stereocenters. The number of nitrogens with zero attached hydrogens (tertiary/aromatic N) is 4. The number of amides is 1. The van der Waals surface area contributed by atoms with Crippen molar-refractivity contribution in [1.29, 1.82) is 0 Å². The average molecular weight is 291 g/mol. The number of hydrogen-bond acceptors (Lipinski definition) is 4. The van der Waals surface area contributed by atoms with E-state index < -0.39 is 18.6 Å². The van der Waals surface area contributed by atoms with Gasteiger partial charge in [0.2, 0.25) is 5.91 Å². The molecule has 9 heteroatoms. The summed E-state index contributed by atoms with van der Waals surface area (Å²) in [5, 5.41) is 6.81. The minimum absolute atomic E-state index is 0.222. The van der Waals surface area contributed by atoms with Crippen LogP contribution in [0.1, 0.15) is 12.8 Å². The summed E-state index contributed by atoms with van der Waals surface area (Å²) in [7, 11) is 0. The van der Waals surface area contributed by atoms with Crippen LogP contribution in [0.4, 0.5) is 13.2 Å². The minimum atomic E-state index is -4.40. The van der Waals surface area contributed by atoms with Crippen molar-refractivity contribution in [3.05, 3.63) is 12.7 Å². The summed E-state index contributed by atoms with van der Waals surface area (Å²) >= 11 is 0. The van der Waals surface area contributed by atoms with Gasteiger partial charge in [0.15, 0.2) is 0 Å². The zero-order valence-corrected chi connectivity index (χ0v) is 10.8. The van der Waals surface area contributed by atoms with E-state index in [4.69, 9.17) is 0 Å². The first-order valence-corrected chi connectivity index (χ1v) is 6.35. The lowest BCUT2D eigenvalue weighted by atomic mass is 10.0. The van der Waals surface area contributed by atoms with Crippen molar-refractivity contribution in [2.45, 2.75) is 31.6 Å². The van der Waals surface area contributed by atoms with Gasteiger partial charge in [0.25, 0.3) is 0 Å². The molecule has 2 heterocycles. The molecule has 0 aliphatic carbocycles. The molecule has 1 aliphatic rings. The monoisotopic (exact) mass is 291 g/mol. The third-order valence-corrected chi connectivity index (χ3v) is 3.18. The number of piperidine rings is 1. The van der Waals surface area contributed by atoms with Crippen LogP contribution in [0.3, 0.4) is 0 Å². The van der Waals surface area contributed by atoms with Crippen LogP contribution >= 0.6 is 0 Å². The molecule has 6 nitrogen and oxygen atoms in total. The first-order valence-electron chi connectivity index (χ1n) is 6.35. The zero-order chi connectivity index (χ0) is 14.6. The highest BCUT2D eigenvalue weighted by Gasteiger charge is 2.36. The predicted octanol–water partition coefficient (Wildman–Crippen LogP) is 0.421. The second-order valence-electron chi connectivity index (χ2n) is 4.71. The Morgan fingerprint density at radius 2 is 2.10 bits per heavy atom. The van der Waals surface area contributed by atoms with Crippen LogP contribution in [-0.4, -0.2) is 57.4 Å². The van der Waals surface area contributed by atoms with E-state index in [9.17, 15) is 18.0 Å². The molecule has 1 saturated heterocycles. The molecule has 1 aromatic heterocycles. The van der Waals surface area contributed by atoms with E-state index in [1.54, 1.807) is 0 Å². The van der Waals surface area contributed by atoms with Gasteiger partial charge in [-0.1, -0.05) is 0 Å². The van der Waals surface area contributed by atoms with E-state index in [-0.39, 0.29) is 12.6 Å². The number of hydrogen-bond donors (Lipinski definition) is 1. The van der Waals surface area contributed by atoms with E-state index in [1.807, 2.05) is 0 Å². The first kappa shape index (κ1) is 14.8. The van der Waals surface area contributed by atoms with Crippen molar-refractivity contribution in [3.63, 3.8) is 0 Å². The maximum atomic E-state index is 12.7. The Morgan fingerprint density at radius 1 is 1.40 bits per heavy atom. The van der Waals surface area contributed by atoms with Crippen molar-refractivity contribution in [2.24, 2.45) is 0 Å². The standard InChI is InChI=1S/C11H16F3N5O/c12-11(13,14)6-19(9-1-3-15-4-2-9)10(20)5-18-8-16-7-17-18/h7-9,15H,1-6H2. The summed E-state index contributed by atoms with van der Waals surface area (Å²) in [5.74, 6) is -0.584. The number of alkyl halides is 3. The molecule has 0 saturated carbocycles. The normalized spacial score (nSPS) is 17.1. The first-order chi connectivity index (χ1) is 9.46. The fraction of sp³-hybridized carbons (Fsp3) is 0.727. The van der Waals surface area contributed by atoms with Gasteiger partial charge in [-0.2, -0.15) is 18.3 Å². The number of aromatic nitrogens is 3. The van der Waals surface area contributed by atoms with Gasteiger partial charge >= 0.3 is 6.18 Å². The average Bonchev–Trinajstić information content (AvgIpc) is 2.89. The smallest absolute Gasteiger partial charge is 0.329 e. The Balaban J connectivity index is 2.06. The van der Waals surface area contributed by atoms with Crippen LogP contribution < -0.4 is 5.32 Å². The molecule has 2 rings (SSSR count). The van der Waals surface area contributed by atoms with Crippen molar-refractivity contribution in [3.8, 4) is 0 Å². The van der Waals surface area contributed by atoms with Gasteiger partial charge < -0.3 is 10.2 Å². The number of carbonyl (C=O) groups excluding carboxylic acids is 1. The highest BCUT2D eigenvalue weighted by Crippen LogP contribution is 2.21. The lowest BCUT2D eigenvalue weighted by Crippen LogP contribution is -2.50. The van der Waals surface area contributed by atoms with E-state index in [0.29, 0.717) is 25.9 Å². The van der Waals surface area contributed by atoms with Crippen LogP contribution in [-0.2, 0) is 11.3 Å². The van der Waals surface area contributed by atoms with Crippen LogP contribution in [0.25, 0.3) is 0 Å². The molecule has 112 valence electrons. The fourth-order valence-electron chi connectivity index (χ4n) is 2.28. The summed E-state index contributed by atoms with van der Waals surface area (Å²) in [6, 6.07) is -0.381. The topological polar surface area (TPSA) is 63.1 Å². The van der Waals surface area contributed by atoms with E-state index in [0.717, 1.165) is 4.90 Å². The van der Waals surface area contributed by atoms with Crippen LogP contribution in [0.2, 0.25) is 0 Å². The molecule has 1 aliphatic heterocycles. The Bertz CT molecular complexity index is 428. The second kappa shape index (κ2) is 6.21. The van der Waals surface area contributed by atoms with Crippen molar-refractivity contribution in [1.82, 2.24) is 25.0 Å². The maximum absolute atomic E-state index is 12.7. The molecule has 1 N–H and O–H groups in total. The SMILES string of the molecule is O=C(Cn1cncn1)N(CC(F)(F)F)C1CCNCC1. The highest BCUT2D eigenvalue weighted by molar-refractivity contribution is 5.76. The molecule has 20 heavy (non-hydrogen) atoms. The molecular weight excluding hydrogens is 275 g/mol. The zero-order valence-electron chi connectivity index (χ0n) is 10.8. The Morgan fingerprint density at radius 3 is 2.65 bits per heavy atom. The third kappa shape index (κ3) is 4.19. The number of carbonyl (C=O) groups is 1. The summed E-state index contributed by atoms with van der Waals surface area (Å²) < 4.78 is 39.2. The molecule has 1 fully saturated rings. The summed E-state index contributed by atoms with van der Waals surface area (Å²) in [6.07, 6.45) is -0.792. The minimum Gasteiger partial charge on any atom is -0.329 e. The molecule has 0 unspecified atom stereocenters. The second-order valence-corrected chi connectivity index (χ2v) is 4.71. The molecule has 0 bridgehead atoms. The Labute approximate surface area is 114 Å². The summed E-state index contributed by atoms with van der Waals surface area (Å²) in [4.78, 5) is 16.7.